The second-order valence-electron chi connectivity index (χ2n) is 6.84. The number of allylic oxidation sites excluding steroid dienone is 2. The molecule has 2 rings (SSSR count). The van der Waals surface area contributed by atoms with E-state index in [1.54, 1.807) is 20.8 Å². The van der Waals surface area contributed by atoms with Crippen molar-refractivity contribution in [2.24, 2.45) is 0 Å². The number of fused-ring (bicyclic) bond motifs is 1. The maximum atomic E-state index is 12.2. The zero-order chi connectivity index (χ0) is 19.0. The molecule has 0 aromatic heterocycles. The van der Waals surface area contributed by atoms with Crippen LogP contribution in [0.5, 0.6) is 11.5 Å². The van der Waals surface area contributed by atoms with Crippen molar-refractivity contribution in [2.45, 2.75) is 59.2 Å². The van der Waals surface area contributed by atoms with Crippen LogP contribution in [-0.4, -0.2) is 33.2 Å². The van der Waals surface area contributed by atoms with Crippen molar-refractivity contribution < 1.29 is 29.6 Å². The lowest BCUT2D eigenvalue weighted by Crippen LogP contribution is -2.29. The first-order valence-electron chi connectivity index (χ1n) is 8.21. The molecule has 1 heterocycles. The number of carboxylic acids is 1. The van der Waals surface area contributed by atoms with Crippen LogP contribution in [0.4, 0.5) is 0 Å². The van der Waals surface area contributed by atoms with Crippen LogP contribution in [-0.2, 0) is 9.53 Å². The number of ether oxygens (including phenoxy) is 1. The standard InChI is InChI=1S/C19H24O6/c1-8(2)6-12(20)7-13-15-14(9(3)11(5)25-13)10(4)17(21)16(18(15)22)19(23)24/h6,9,11,13,21-22H,7H2,1-5H3,(H,23,24). The van der Waals surface area contributed by atoms with Crippen molar-refractivity contribution in [3.63, 3.8) is 0 Å². The maximum absolute atomic E-state index is 12.2. The van der Waals surface area contributed by atoms with Gasteiger partial charge in [0.05, 0.1) is 12.2 Å². The molecule has 3 unspecified atom stereocenters. The van der Waals surface area contributed by atoms with Gasteiger partial charge in [-0.1, -0.05) is 12.5 Å². The molecule has 6 heteroatoms. The number of ketones is 1. The first kappa shape index (κ1) is 19.0. The van der Waals surface area contributed by atoms with Crippen LogP contribution in [0.15, 0.2) is 11.6 Å². The average Bonchev–Trinajstić information content (AvgIpc) is 2.47. The number of carbonyl (C=O) groups is 2. The molecule has 136 valence electrons. The minimum atomic E-state index is -1.43. The molecule has 25 heavy (non-hydrogen) atoms. The van der Waals surface area contributed by atoms with E-state index >= 15 is 0 Å². The second-order valence-corrected chi connectivity index (χ2v) is 6.84. The van der Waals surface area contributed by atoms with Crippen LogP contribution >= 0.6 is 0 Å². The SMILES string of the molecule is CC(C)=CC(=O)CC1OC(C)C(C)c2c(C)c(O)c(C(=O)O)c(O)c21. The molecule has 1 aromatic rings. The summed E-state index contributed by atoms with van der Waals surface area (Å²) in [7, 11) is 0. The number of phenols is 2. The van der Waals surface area contributed by atoms with Crippen molar-refractivity contribution in [2.75, 3.05) is 0 Å². The number of carboxylic acid groups (broad SMARTS) is 1. The fourth-order valence-electron chi connectivity index (χ4n) is 3.40. The van der Waals surface area contributed by atoms with Crippen LogP contribution in [0, 0.1) is 6.92 Å². The Hall–Kier alpha value is -2.34. The number of benzene rings is 1. The second kappa shape index (κ2) is 6.88. The smallest absolute Gasteiger partial charge is 0.343 e. The normalized spacial score (nSPS) is 22.2. The zero-order valence-corrected chi connectivity index (χ0v) is 15.1. The predicted molar refractivity (Wildman–Crippen MR) is 92.2 cm³/mol. The van der Waals surface area contributed by atoms with Crippen molar-refractivity contribution in [3.05, 3.63) is 33.9 Å². The molecule has 1 aromatic carbocycles. The molecular weight excluding hydrogens is 324 g/mol. The van der Waals surface area contributed by atoms with E-state index in [-0.39, 0.29) is 29.8 Å². The quantitative estimate of drug-likeness (QED) is 0.718. The van der Waals surface area contributed by atoms with E-state index in [1.807, 2.05) is 13.8 Å². The third-order valence-corrected chi connectivity index (χ3v) is 4.69. The molecule has 0 fully saturated rings. The van der Waals surface area contributed by atoms with E-state index in [0.717, 1.165) is 5.57 Å². The van der Waals surface area contributed by atoms with Gasteiger partial charge in [0.1, 0.15) is 17.1 Å². The van der Waals surface area contributed by atoms with Gasteiger partial charge in [0.2, 0.25) is 0 Å². The van der Waals surface area contributed by atoms with Gasteiger partial charge in [0.25, 0.3) is 0 Å². The number of hydrogen-bond acceptors (Lipinski definition) is 5. The molecule has 0 amide bonds. The minimum Gasteiger partial charge on any atom is -0.507 e. The minimum absolute atomic E-state index is 0.00786. The molecule has 1 aliphatic rings. The molecular formula is C19H24O6. The van der Waals surface area contributed by atoms with Gasteiger partial charge in [-0.15, -0.1) is 0 Å². The lowest BCUT2D eigenvalue weighted by molar-refractivity contribution is -0.119. The highest BCUT2D eigenvalue weighted by Crippen LogP contribution is 2.49. The van der Waals surface area contributed by atoms with Crippen molar-refractivity contribution in [1.29, 1.82) is 0 Å². The van der Waals surface area contributed by atoms with Gasteiger partial charge in [-0.3, -0.25) is 4.79 Å². The third-order valence-electron chi connectivity index (χ3n) is 4.69. The summed E-state index contributed by atoms with van der Waals surface area (Å²) in [6, 6.07) is 0. The fraction of sp³-hybridized carbons (Fsp3) is 0.474. The summed E-state index contributed by atoms with van der Waals surface area (Å²) < 4.78 is 5.90. The number of carbonyl (C=O) groups excluding carboxylic acids is 1. The fourth-order valence-corrected chi connectivity index (χ4v) is 3.40. The molecule has 1 aliphatic heterocycles. The Morgan fingerprint density at radius 1 is 1.12 bits per heavy atom. The molecule has 0 bridgehead atoms. The van der Waals surface area contributed by atoms with Crippen LogP contribution in [0.1, 0.15) is 73.2 Å². The summed E-state index contributed by atoms with van der Waals surface area (Å²) in [6.07, 6.45) is 0.479. The maximum Gasteiger partial charge on any atom is 0.343 e. The van der Waals surface area contributed by atoms with Crippen molar-refractivity contribution in [1.82, 2.24) is 0 Å². The highest BCUT2D eigenvalue weighted by atomic mass is 16.5. The number of rotatable bonds is 4. The molecule has 0 radical (unpaired) electrons. The summed E-state index contributed by atoms with van der Waals surface area (Å²) >= 11 is 0. The number of aromatic hydroxyl groups is 2. The zero-order valence-electron chi connectivity index (χ0n) is 15.1. The van der Waals surface area contributed by atoms with Crippen molar-refractivity contribution >= 4 is 11.8 Å². The summed E-state index contributed by atoms with van der Waals surface area (Å²) in [5, 5.41) is 30.1. The Balaban J connectivity index is 2.67. The van der Waals surface area contributed by atoms with Gasteiger partial charge in [-0.2, -0.15) is 0 Å². The molecule has 0 aliphatic carbocycles. The molecule has 3 N–H and O–H groups in total. The van der Waals surface area contributed by atoms with Crippen LogP contribution in [0.25, 0.3) is 0 Å². The van der Waals surface area contributed by atoms with E-state index in [0.29, 0.717) is 11.1 Å². The predicted octanol–water partition coefficient (Wildman–Crippen LogP) is 3.59. The Bertz CT molecular complexity index is 758. The van der Waals surface area contributed by atoms with E-state index in [2.05, 4.69) is 0 Å². The molecule has 0 saturated heterocycles. The number of aromatic carboxylic acids is 1. The average molecular weight is 348 g/mol. The summed E-state index contributed by atoms with van der Waals surface area (Å²) in [5.74, 6) is -2.73. The first-order chi connectivity index (χ1) is 11.6. The largest absolute Gasteiger partial charge is 0.507 e. The molecule has 3 atom stereocenters. The molecule has 0 saturated carbocycles. The molecule has 0 spiro atoms. The Morgan fingerprint density at radius 2 is 1.72 bits per heavy atom. The van der Waals surface area contributed by atoms with Gasteiger partial charge in [-0.05, 0) is 44.9 Å². The lowest BCUT2D eigenvalue weighted by Gasteiger charge is -2.37. The molecule has 6 nitrogen and oxygen atoms in total. The van der Waals surface area contributed by atoms with Gasteiger partial charge < -0.3 is 20.1 Å². The summed E-state index contributed by atoms with van der Waals surface area (Å²) in [6.45, 7) is 8.96. The third kappa shape index (κ3) is 3.39. The van der Waals surface area contributed by atoms with Crippen LogP contribution in [0.2, 0.25) is 0 Å². The summed E-state index contributed by atoms with van der Waals surface area (Å²) in [5.41, 5.74) is 1.62. The van der Waals surface area contributed by atoms with Gasteiger partial charge in [-0.25, -0.2) is 4.79 Å². The summed E-state index contributed by atoms with van der Waals surface area (Å²) in [4.78, 5) is 23.7. The van der Waals surface area contributed by atoms with Gasteiger partial charge >= 0.3 is 5.97 Å². The monoisotopic (exact) mass is 348 g/mol. The highest BCUT2D eigenvalue weighted by molar-refractivity contribution is 5.96. The van der Waals surface area contributed by atoms with E-state index < -0.39 is 29.1 Å². The highest BCUT2D eigenvalue weighted by Gasteiger charge is 2.38. The van der Waals surface area contributed by atoms with Crippen molar-refractivity contribution in [3.8, 4) is 11.5 Å². The van der Waals surface area contributed by atoms with E-state index in [9.17, 15) is 24.9 Å². The van der Waals surface area contributed by atoms with E-state index in [1.165, 1.54) is 6.08 Å². The van der Waals surface area contributed by atoms with Crippen LogP contribution < -0.4 is 0 Å². The number of hydrogen-bond donors (Lipinski definition) is 3. The van der Waals surface area contributed by atoms with Gasteiger partial charge in [0, 0.05) is 17.9 Å². The Morgan fingerprint density at radius 3 is 2.24 bits per heavy atom. The van der Waals surface area contributed by atoms with Crippen LogP contribution in [0.3, 0.4) is 0 Å². The topological polar surface area (TPSA) is 104 Å². The Labute approximate surface area is 146 Å². The van der Waals surface area contributed by atoms with E-state index in [4.69, 9.17) is 4.74 Å². The first-order valence-corrected chi connectivity index (χ1v) is 8.21. The lowest BCUT2D eigenvalue weighted by atomic mass is 9.80. The van der Waals surface area contributed by atoms with Gasteiger partial charge in [0.15, 0.2) is 5.78 Å². The Kier molecular flexibility index (Phi) is 5.23.